The van der Waals surface area contributed by atoms with Crippen molar-refractivity contribution in [2.45, 2.75) is 26.4 Å². The minimum Gasteiger partial charge on any atom is -0.392 e. The lowest BCUT2D eigenvalue weighted by molar-refractivity contribution is 0.0863. The molecule has 0 aliphatic heterocycles. The topological polar surface area (TPSA) is 59.1 Å². The fourth-order valence-corrected chi connectivity index (χ4v) is 2.02. The van der Waals surface area contributed by atoms with Crippen molar-refractivity contribution < 1.29 is 5.11 Å². The first-order valence-electron chi connectivity index (χ1n) is 5.52. The highest BCUT2D eigenvalue weighted by Crippen LogP contribution is 2.21. The standard InChI is InChI=1S/C12H19ClN2O/c1-8(2)10(6-14)12(16)5-9-3-4-15-7-11(9)13/h3-4,7-8,10,12,16H,5-6,14H2,1-2H3. The van der Waals surface area contributed by atoms with Crippen LogP contribution in [-0.2, 0) is 6.42 Å². The molecule has 1 aromatic rings. The molecule has 0 aliphatic carbocycles. The summed E-state index contributed by atoms with van der Waals surface area (Å²) in [5, 5.41) is 10.7. The minimum atomic E-state index is -0.454. The average Bonchev–Trinajstić information content (AvgIpc) is 2.22. The molecule has 4 heteroatoms. The van der Waals surface area contributed by atoms with Crippen molar-refractivity contribution >= 4 is 11.6 Å². The molecule has 0 saturated heterocycles. The van der Waals surface area contributed by atoms with Gasteiger partial charge in [-0.2, -0.15) is 0 Å². The molecule has 90 valence electrons. The Labute approximate surface area is 102 Å². The predicted octanol–water partition coefficient (Wildman–Crippen LogP) is 1.87. The fraction of sp³-hybridized carbons (Fsp3) is 0.583. The number of hydrogen-bond donors (Lipinski definition) is 2. The molecule has 0 fully saturated rings. The number of aliphatic hydroxyl groups is 1. The highest BCUT2D eigenvalue weighted by atomic mass is 35.5. The second kappa shape index (κ2) is 6.18. The lowest BCUT2D eigenvalue weighted by atomic mass is 9.87. The maximum Gasteiger partial charge on any atom is 0.0623 e. The third-order valence-electron chi connectivity index (χ3n) is 2.91. The normalized spacial score (nSPS) is 15.1. The second-order valence-corrected chi connectivity index (χ2v) is 4.79. The first-order valence-corrected chi connectivity index (χ1v) is 5.90. The summed E-state index contributed by atoms with van der Waals surface area (Å²) in [5.41, 5.74) is 6.58. The number of nitrogens with zero attached hydrogens (tertiary/aromatic N) is 1. The Morgan fingerprint density at radius 2 is 2.19 bits per heavy atom. The number of nitrogens with two attached hydrogens (primary N) is 1. The highest BCUT2D eigenvalue weighted by Gasteiger charge is 2.22. The van der Waals surface area contributed by atoms with Crippen molar-refractivity contribution in [1.29, 1.82) is 0 Å². The molecule has 0 amide bonds. The number of rotatable bonds is 5. The van der Waals surface area contributed by atoms with Crippen LogP contribution in [0.2, 0.25) is 5.02 Å². The molecule has 0 aliphatic rings. The van der Waals surface area contributed by atoms with E-state index >= 15 is 0 Å². The number of hydrogen-bond acceptors (Lipinski definition) is 3. The van der Waals surface area contributed by atoms with Crippen molar-refractivity contribution in [3.05, 3.63) is 29.0 Å². The van der Waals surface area contributed by atoms with Gasteiger partial charge in [0, 0.05) is 18.8 Å². The van der Waals surface area contributed by atoms with E-state index in [0.29, 0.717) is 23.9 Å². The van der Waals surface area contributed by atoms with Gasteiger partial charge in [0.15, 0.2) is 0 Å². The zero-order valence-electron chi connectivity index (χ0n) is 9.73. The summed E-state index contributed by atoms with van der Waals surface area (Å²) in [5.74, 6) is 0.463. The van der Waals surface area contributed by atoms with Crippen molar-refractivity contribution in [3.63, 3.8) is 0 Å². The van der Waals surface area contributed by atoms with Crippen molar-refractivity contribution in [1.82, 2.24) is 4.98 Å². The van der Waals surface area contributed by atoms with Crippen LogP contribution >= 0.6 is 11.6 Å². The average molecular weight is 243 g/mol. The summed E-state index contributed by atoms with van der Waals surface area (Å²) < 4.78 is 0. The van der Waals surface area contributed by atoms with E-state index in [-0.39, 0.29) is 5.92 Å². The monoisotopic (exact) mass is 242 g/mol. The van der Waals surface area contributed by atoms with Crippen molar-refractivity contribution in [2.75, 3.05) is 6.54 Å². The fourth-order valence-electron chi connectivity index (χ4n) is 1.82. The van der Waals surface area contributed by atoms with Gasteiger partial charge in [-0.1, -0.05) is 25.4 Å². The van der Waals surface area contributed by atoms with E-state index in [9.17, 15) is 5.11 Å². The van der Waals surface area contributed by atoms with Gasteiger partial charge in [0.2, 0.25) is 0 Å². The molecular formula is C12H19ClN2O. The predicted molar refractivity (Wildman–Crippen MR) is 66.3 cm³/mol. The van der Waals surface area contributed by atoms with Crippen LogP contribution in [0.15, 0.2) is 18.5 Å². The summed E-state index contributed by atoms with van der Waals surface area (Å²) in [7, 11) is 0. The van der Waals surface area contributed by atoms with Gasteiger partial charge in [-0.3, -0.25) is 4.98 Å². The third-order valence-corrected chi connectivity index (χ3v) is 3.25. The zero-order chi connectivity index (χ0) is 12.1. The maximum atomic E-state index is 10.1. The largest absolute Gasteiger partial charge is 0.392 e. The molecule has 0 spiro atoms. The van der Waals surface area contributed by atoms with E-state index in [1.54, 1.807) is 12.4 Å². The molecule has 2 unspecified atom stereocenters. The molecular weight excluding hydrogens is 224 g/mol. The van der Waals surface area contributed by atoms with Gasteiger partial charge in [0.25, 0.3) is 0 Å². The Morgan fingerprint density at radius 3 is 2.69 bits per heavy atom. The van der Waals surface area contributed by atoms with Crippen LogP contribution in [0.5, 0.6) is 0 Å². The van der Waals surface area contributed by atoms with Gasteiger partial charge < -0.3 is 10.8 Å². The number of aliphatic hydroxyl groups excluding tert-OH is 1. The SMILES string of the molecule is CC(C)C(CN)C(O)Cc1ccncc1Cl. The van der Waals surface area contributed by atoms with Crippen LogP contribution in [0.1, 0.15) is 19.4 Å². The molecule has 3 nitrogen and oxygen atoms in total. The quantitative estimate of drug-likeness (QED) is 0.829. The van der Waals surface area contributed by atoms with Gasteiger partial charge in [-0.15, -0.1) is 0 Å². The van der Waals surface area contributed by atoms with E-state index in [2.05, 4.69) is 18.8 Å². The van der Waals surface area contributed by atoms with Gasteiger partial charge in [0.05, 0.1) is 11.1 Å². The van der Waals surface area contributed by atoms with Crippen molar-refractivity contribution in [2.24, 2.45) is 17.6 Å². The number of halogens is 1. The summed E-state index contributed by atoms with van der Waals surface area (Å²) in [6, 6.07) is 1.83. The van der Waals surface area contributed by atoms with E-state index in [4.69, 9.17) is 17.3 Å². The molecule has 0 aromatic carbocycles. The summed E-state index contributed by atoms with van der Waals surface area (Å²) >= 11 is 5.99. The lowest BCUT2D eigenvalue weighted by Crippen LogP contribution is -2.33. The van der Waals surface area contributed by atoms with Gasteiger partial charge in [-0.05, 0) is 30.0 Å². The van der Waals surface area contributed by atoms with Gasteiger partial charge in [-0.25, -0.2) is 0 Å². The molecule has 16 heavy (non-hydrogen) atoms. The molecule has 0 saturated carbocycles. The van der Waals surface area contributed by atoms with Crippen LogP contribution in [0, 0.1) is 11.8 Å². The Bertz CT molecular complexity index is 331. The van der Waals surface area contributed by atoms with Crippen LogP contribution in [0.25, 0.3) is 0 Å². The molecule has 0 bridgehead atoms. The smallest absolute Gasteiger partial charge is 0.0623 e. The summed E-state index contributed by atoms with van der Waals surface area (Å²) in [4.78, 5) is 3.91. The second-order valence-electron chi connectivity index (χ2n) is 4.38. The van der Waals surface area contributed by atoms with Crippen LogP contribution in [0.4, 0.5) is 0 Å². The molecule has 0 radical (unpaired) electrons. The Hall–Kier alpha value is -0.640. The van der Waals surface area contributed by atoms with Crippen LogP contribution in [-0.4, -0.2) is 22.7 Å². The zero-order valence-corrected chi connectivity index (χ0v) is 10.5. The van der Waals surface area contributed by atoms with Gasteiger partial charge >= 0.3 is 0 Å². The Balaban J connectivity index is 2.70. The van der Waals surface area contributed by atoms with E-state index in [1.165, 1.54) is 0 Å². The summed E-state index contributed by atoms with van der Waals surface area (Å²) in [6.07, 6.45) is 3.35. The van der Waals surface area contributed by atoms with E-state index in [0.717, 1.165) is 5.56 Å². The molecule has 2 atom stereocenters. The summed E-state index contributed by atoms with van der Waals surface area (Å²) in [6.45, 7) is 4.62. The number of aromatic nitrogens is 1. The van der Waals surface area contributed by atoms with Crippen LogP contribution < -0.4 is 5.73 Å². The molecule has 3 N–H and O–H groups in total. The van der Waals surface area contributed by atoms with Gasteiger partial charge in [0.1, 0.15) is 0 Å². The van der Waals surface area contributed by atoms with E-state index in [1.807, 2.05) is 6.07 Å². The van der Waals surface area contributed by atoms with Crippen molar-refractivity contribution in [3.8, 4) is 0 Å². The third kappa shape index (κ3) is 3.44. The highest BCUT2D eigenvalue weighted by molar-refractivity contribution is 6.31. The van der Waals surface area contributed by atoms with E-state index < -0.39 is 6.10 Å². The van der Waals surface area contributed by atoms with Crippen LogP contribution in [0.3, 0.4) is 0 Å². The first kappa shape index (κ1) is 13.4. The molecule has 1 heterocycles. The first-order chi connectivity index (χ1) is 7.56. The lowest BCUT2D eigenvalue weighted by Gasteiger charge is -2.25. The minimum absolute atomic E-state index is 0.101. The Kier molecular flexibility index (Phi) is 5.19. The molecule has 1 aromatic heterocycles. The number of pyridine rings is 1. The molecule has 1 rings (SSSR count). The maximum absolute atomic E-state index is 10.1. The Morgan fingerprint density at radius 1 is 1.50 bits per heavy atom.